The fraction of sp³-hybridized carbons (Fsp3) is 0.543. The first-order chi connectivity index (χ1) is 25.9. The molecule has 0 saturated carbocycles. The molecule has 8 nitrogen and oxygen atoms in total. The largest absolute Gasteiger partial charge is 0.452 e. The van der Waals surface area contributed by atoms with Crippen molar-refractivity contribution in [3.8, 4) is 0 Å². The van der Waals surface area contributed by atoms with Crippen molar-refractivity contribution in [3.63, 3.8) is 0 Å². The van der Waals surface area contributed by atoms with Crippen LogP contribution in [0.4, 0.5) is 0 Å². The second kappa shape index (κ2) is 21.9. The number of ether oxygens (including phenoxy) is 4. The van der Waals surface area contributed by atoms with E-state index in [1.54, 1.807) is 91.0 Å². The van der Waals surface area contributed by atoms with Crippen LogP contribution in [0.5, 0.6) is 0 Å². The minimum Gasteiger partial charge on any atom is -0.452 e. The molecule has 1 heterocycles. The van der Waals surface area contributed by atoms with Crippen LogP contribution in [-0.2, 0) is 18.9 Å². The van der Waals surface area contributed by atoms with Crippen molar-refractivity contribution in [2.24, 2.45) is 23.7 Å². The third kappa shape index (κ3) is 13.2. The molecule has 54 heavy (non-hydrogen) atoms. The molecule has 3 aromatic carbocycles. The van der Waals surface area contributed by atoms with Crippen molar-refractivity contribution in [2.45, 2.75) is 136 Å². The lowest BCUT2D eigenvalue weighted by Crippen LogP contribution is -2.63. The molecule has 1 N–H and O–H groups in total. The quantitative estimate of drug-likeness (QED) is 0.0849. The number of aliphatic hydroxyl groups excluding tert-OH is 1. The molecule has 0 bridgehead atoms. The third-order valence-electron chi connectivity index (χ3n) is 10.7. The lowest BCUT2D eigenvalue weighted by atomic mass is 9.90. The molecular weight excluding hydrogens is 680 g/mol. The summed E-state index contributed by atoms with van der Waals surface area (Å²) in [6.45, 7) is 13.3. The molecule has 1 fully saturated rings. The molecule has 9 atom stereocenters. The van der Waals surface area contributed by atoms with Crippen molar-refractivity contribution >= 4 is 17.7 Å². The maximum absolute atomic E-state index is 13.8. The Kier molecular flexibility index (Phi) is 17.4. The lowest BCUT2D eigenvalue weighted by Gasteiger charge is -2.43. The number of ketones is 1. The van der Waals surface area contributed by atoms with E-state index in [2.05, 4.69) is 34.6 Å². The number of benzene rings is 3. The summed E-state index contributed by atoms with van der Waals surface area (Å²) in [7, 11) is 0. The fourth-order valence-electron chi connectivity index (χ4n) is 7.05. The Balaban J connectivity index is 1.47. The van der Waals surface area contributed by atoms with E-state index >= 15 is 0 Å². The smallest absolute Gasteiger partial charge is 0.338 e. The van der Waals surface area contributed by atoms with E-state index in [-0.39, 0.29) is 23.1 Å². The number of hydrogen-bond donors (Lipinski definition) is 1. The van der Waals surface area contributed by atoms with Gasteiger partial charge in [0.05, 0.1) is 17.2 Å². The monoisotopic (exact) mass is 742 g/mol. The van der Waals surface area contributed by atoms with Crippen LogP contribution >= 0.6 is 0 Å². The van der Waals surface area contributed by atoms with Crippen LogP contribution in [-0.4, -0.2) is 59.6 Å². The van der Waals surface area contributed by atoms with Crippen LogP contribution in [0.25, 0.3) is 0 Å². The van der Waals surface area contributed by atoms with Gasteiger partial charge in [0.15, 0.2) is 30.4 Å². The number of carbonyl (C=O) groups is 3. The normalized spacial score (nSPS) is 22.2. The van der Waals surface area contributed by atoms with Gasteiger partial charge in [0, 0.05) is 5.56 Å². The maximum Gasteiger partial charge on any atom is 0.338 e. The Labute approximate surface area is 322 Å². The summed E-state index contributed by atoms with van der Waals surface area (Å²) in [6.07, 6.45) is 3.04. The average molecular weight is 743 g/mol. The zero-order valence-corrected chi connectivity index (χ0v) is 33.1. The van der Waals surface area contributed by atoms with Crippen LogP contribution in [0, 0.1) is 23.7 Å². The number of carbonyl (C=O) groups excluding carboxylic acids is 3. The first-order valence-corrected chi connectivity index (χ1v) is 20.0. The lowest BCUT2D eigenvalue weighted by molar-refractivity contribution is -0.297. The van der Waals surface area contributed by atoms with Gasteiger partial charge in [-0.25, -0.2) is 9.59 Å². The van der Waals surface area contributed by atoms with E-state index in [1.165, 1.54) is 38.5 Å². The van der Waals surface area contributed by atoms with Gasteiger partial charge in [-0.1, -0.05) is 153 Å². The van der Waals surface area contributed by atoms with Gasteiger partial charge in [-0.15, -0.1) is 0 Å². The van der Waals surface area contributed by atoms with Crippen molar-refractivity contribution < 1.29 is 38.4 Å². The average Bonchev–Trinajstić information content (AvgIpc) is 3.17. The number of hydrogen-bond acceptors (Lipinski definition) is 8. The zero-order valence-electron chi connectivity index (χ0n) is 33.1. The molecule has 3 aromatic rings. The van der Waals surface area contributed by atoms with E-state index < -0.39 is 48.4 Å². The van der Waals surface area contributed by atoms with E-state index in [0.29, 0.717) is 11.5 Å². The fourth-order valence-corrected chi connectivity index (χ4v) is 7.05. The second-order valence-corrected chi connectivity index (χ2v) is 15.8. The second-order valence-electron chi connectivity index (χ2n) is 15.8. The third-order valence-corrected chi connectivity index (χ3v) is 10.7. The SMILES string of the molecule is CC(C)CCCC(C)CCCC(C)CCCC(C)C(C)O[C@H]1OC(C(=O)c2ccccc2)[C@@H](O)[C@@H](OC(=O)c2ccccc2)[C@H]1OC(=O)c1ccccc1. The molecule has 4 rings (SSSR count). The summed E-state index contributed by atoms with van der Waals surface area (Å²) in [5.74, 6) is 0.304. The molecule has 0 aromatic heterocycles. The standard InChI is InChI=1S/C46H62O8/c1-31(2)19-16-20-32(3)21-17-22-33(4)23-18-24-34(5)35(6)51-46-43(53-45(50)38-29-14-9-15-30-38)42(52-44(49)37-27-12-8-13-28-37)40(48)41(54-46)39(47)36-25-10-7-11-26-36/h7-15,25-35,40-43,46,48H,16-24H2,1-6H3/t32?,33?,34?,35?,40-,41?,42-,43-,46+/m1/s1. The first kappa shape index (κ1) is 42.9. The summed E-state index contributed by atoms with van der Waals surface area (Å²) in [4.78, 5) is 40.8. The van der Waals surface area contributed by atoms with Gasteiger partial charge in [0.2, 0.25) is 0 Å². The Bertz CT molecular complexity index is 1540. The number of rotatable bonds is 21. The van der Waals surface area contributed by atoms with Gasteiger partial charge in [0.25, 0.3) is 0 Å². The van der Waals surface area contributed by atoms with E-state index in [1.807, 2.05) is 6.92 Å². The van der Waals surface area contributed by atoms with Crippen LogP contribution in [0.3, 0.4) is 0 Å². The predicted octanol–water partition coefficient (Wildman–Crippen LogP) is 9.89. The summed E-state index contributed by atoms with van der Waals surface area (Å²) in [5.41, 5.74) is 0.807. The molecule has 0 radical (unpaired) electrons. The zero-order chi connectivity index (χ0) is 39.0. The first-order valence-electron chi connectivity index (χ1n) is 20.0. The number of aliphatic hydroxyl groups is 1. The van der Waals surface area contributed by atoms with Gasteiger partial charge < -0.3 is 24.1 Å². The van der Waals surface area contributed by atoms with Crippen LogP contribution < -0.4 is 0 Å². The van der Waals surface area contributed by atoms with Crippen molar-refractivity contribution in [1.82, 2.24) is 0 Å². The summed E-state index contributed by atoms with van der Waals surface area (Å²) in [6, 6.07) is 25.2. The maximum atomic E-state index is 13.8. The minimum absolute atomic E-state index is 0.0905. The van der Waals surface area contributed by atoms with Gasteiger partial charge in [-0.2, -0.15) is 0 Å². The van der Waals surface area contributed by atoms with E-state index in [4.69, 9.17) is 18.9 Å². The Morgan fingerprint density at radius 1 is 0.593 bits per heavy atom. The summed E-state index contributed by atoms with van der Waals surface area (Å²) in [5, 5.41) is 11.7. The van der Waals surface area contributed by atoms with Crippen LogP contribution in [0.15, 0.2) is 91.0 Å². The topological polar surface area (TPSA) is 108 Å². The van der Waals surface area contributed by atoms with E-state index in [0.717, 1.165) is 31.1 Å². The molecule has 0 spiro atoms. The molecule has 5 unspecified atom stereocenters. The molecular formula is C46H62O8. The molecule has 1 aliphatic heterocycles. The Morgan fingerprint density at radius 3 is 1.50 bits per heavy atom. The summed E-state index contributed by atoms with van der Waals surface area (Å²) < 4.78 is 24.7. The van der Waals surface area contributed by atoms with Gasteiger partial charge >= 0.3 is 11.9 Å². The molecule has 294 valence electrons. The van der Waals surface area contributed by atoms with Crippen LogP contribution in [0.1, 0.15) is 130 Å². The highest BCUT2D eigenvalue weighted by Gasteiger charge is 2.53. The van der Waals surface area contributed by atoms with Crippen molar-refractivity contribution in [2.75, 3.05) is 0 Å². The number of Topliss-reactive ketones (excluding diaryl/α,β-unsaturated/α-hetero) is 1. The highest BCUT2D eigenvalue weighted by molar-refractivity contribution is 6.00. The molecule has 8 heteroatoms. The molecule has 1 saturated heterocycles. The summed E-state index contributed by atoms with van der Waals surface area (Å²) >= 11 is 0. The van der Waals surface area contributed by atoms with Gasteiger partial charge in [-0.05, 0) is 61.3 Å². The number of esters is 2. The molecule has 1 aliphatic rings. The van der Waals surface area contributed by atoms with Crippen molar-refractivity contribution in [3.05, 3.63) is 108 Å². The predicted molar refractivity (Wildman–Crippen MR) is 211 cm³/mol. The Hall–Kier alpha value is -3.85. The molecule has 0 amide bonds. The van der Waals surface area contributed by atoms with Crippen LogP contribution in [0.2, 0.25) is 0 Å². The minimum atomic E-state index is -1.67. The molecule has 0 aliphatic carbocycles. The van der Waals surface area contributed by atoms with E-state index in [9.17, 15) is 19.5 Å². The Morgan fingerprint density at radius 2 is 1.02 bits per heavy atom. The van der Waals surface area contributed by atoms with Gasteiger partial charge in [-0.3, -0.25) is 4.79 Å². The highest BCUT2D eigenvalue weighted by Crippen LogP contribution is 2.32. The van der Waals surface area contributed by atoms with Gasteiger partial charge in [0.1, 0.15) is 6.10 Å². The highest BCUT2D eigenvalue weighted by atomic mass is 16.7. The van der Waals surface area contributed by atoms with Crippen molar-refractivity contribution in [1.29, 1.82) is 0 Å².